The molecule has 4 rings (SSSR count). The largest absolute Gasteiger partial charge is 0.347 e. The summed E-state index contributed by atoms with van der Waals surface area (Å²) in [7, 11) is 0. The van der Waals surface area contributed by atoms with Crippen LogP contribution in [0.3, 0.4) is 0 Å². The first-order valence-corrected chi connectivity index (χ1v) is 8.88. The number of carbonyl (C=O) groups excluding carboxylic acids is 1. The summed E-state index contributed by atoms with van der Waals surface area (Å²) in [5, 5.41) is 4.42. The molecule has 3 aromatic rings. The molecule has 26 heavy (non-hydrogen) atoms. The van der Waals surface area contributed by atoms with Gasteiger partial charge in [0.2, 0.25) is 0 Å². The molecule has 0 aliphatic carbocycles. The fraction of sp³-hybridized carbons (Fsp3) is 0.238. The zero-order valence-electron chi connectivity index (χ0n) is 14.4. The van der Waals surface area contributed by atoms with Crippen LogP contribution >= 0.6 is 0 Å². The molecule has 2 N–H and O–H groups in total. The fourth-order valence-electron chi connectivity index (χ4n) is 3.53. The molecule has 1 fully saturated rings. The number of carbonyl (C=O) groups is 1. The molecule has 0 saturated carbocycles. The van der Waals surface area contributed by atoms with E-state index in [2.05, 4.69) is 27.3 Å². The van der Waals surface area contributed by atoms with Gasteiger partial charge in [0.05, 0.1) is 0 Å². The van der Waals surface area contributed by atoms with Crippen molar-refractivity contribution >= 4 is 16.7 Å². The van der Waals surface area contributed by atoms with E-state index in [1.54, 1.807) is 12.1 Å². The molecule has 2 heterocycles. The maximum absolute atomic E-state index is 12.6. The summed E-state index contributed by atoms with van der Waals surface area (Å²) >= 11 is 0. The second kappa shape index (κ2) is 7.14. The number of likely N-dealkylation sites (tertiary alicyclic amines) is 1. The Morgan fingerprint density at radius 2 is 1.88 bits per heavy atom. The number of hydrogen-bond donors (Lipinski definition) is 2. The highest BCUT2D eigenvalue weighted by Crippen LogP contribution is 2.15. The number of aromatic nitrogens is 1. The van der Waals surface area contributed by atoms with Gasteiger partial charge < -0.3 is 10.3 Å². The van der Waals surface area contributed by atoms with E-state index in [0.717, 1.165) is 31.4 Å². The van der Waals surface area contributed by atoms with E-state index >= 15 is 0 Å². The first kappa shape index (κ1) is 16.5. The van der Waals surface area contributed by atoms with Crippen LogP contribution in [0.1, 0.15) is 22.5 Å². The van der Waals surface area contributed by atoms with Crippen LogP contribution in [-0.2, 0) is 6.54 Å². The lowest BCUT2D eigenvalue weighted by Crippen LogP contribution is -2.38. The highest BCUT2D eigenvalue weighted by atomic mass is 16.2. The van der Waals surface area contributed by atoms with Gasteiger partial charge in [0.25, 0.3) is 11.5 Å². The van der Waals surface area contributed by atoms with Gasteiger partial charge in [0.15, 0.2) is 0 Å². The number of nitrogens with zero attached hydrogens (tertiary/aromatic N) is 1. The molecule has 1 aliphatic rings. The molecule has 1 saturated heterocycles. The van der Waals surface area contributed by atoms with E-state index in [4.69, 9.17) is 0 Å². The highest BCUT2D eigenvalue weighted by molar-refractivity contribution is 5.96. The van der Waals surface area contributed by atoms with Gasteiger partial charge >= 0.3 is 0 Å². The average Bonchev–Trinajstić information content (AvgIpc) is 3.09. The topological polar surface area (TPSA) is 65.2 Å². The summed E-state index contributed by atoms with van der Waals surface area (Å²) in [5.41, 5.74) is 1.36. The van der Waals surface area contributed by atoms with Gasteiger partial charge in [-0.2, -0.15) is 0 Å². The first-order valence-electron chi connectivity index (χ1n) is 8.88. The predicted molar refractivity (Wildman–Crippen MR) is 102 cm³/mol. The smallest absolute Gasteiger partial charge is 0.268 e. The number of benzene rings is 2. The van der Waals surface area contributed by atoms with Crippen molar-refractivity contribution in [3.05, 3.63) is 82.3 Å². The van der Waals surface area contributed by atoms with Crippen LogP contribution in [0.25, 0.3) is 10.8 Å². The van der Waals surface area contributed by atoms with Crippen molar-refractivity contribution in [1.82, 2.24) is 15.2 Å². The zero-order chi connectivity index (χ0) is 17.9. The molecule has 1 amide bonds. The predicted octanol–water partition coefficient (Wildman–Crippen LogP) is 2.53. The third kappa shape index (κ3) is 3.53. The van der Waals surface area contributed by atoms with Crippen molar-refractivity contribution in [3.63, 3.8) is 0 Å². The van der Waals surface area contributed by atoms with Crippen LogP contribution in [0.2, 0.25) is 0 Å². The Morgan fingerprint density at radius 3 is 2.73 bits per heavy atom. The molecule has 1 aliphatic heterocycles. The summed E-state index contributed by atoms with van der Waals surface area (Å²) in [6.07, 6.45) is 0.913. The van der Waals surface area contributed by atoms with E-state index in [9.17, 15) is 9.59 Å². The van der Waals surface area contributed by atoms with Crippen LogP contribution in [0.15, 0.2) is 65.5 Å². The normalized spacial score (nSPS) is 17.5. The van der Waals surface area contributed by atoms with E-state index < -0.39 is 0 Å². The molecule has 2 aromatic carbocycles. The molecule has 5 nitrogen and oxygen atoms in total. The monoisotopic (exact) mass is 347 g/mol. The van der Waals surface area contributed by atoms with Gasteiger partial charge in [-0.1, -0.05) is 48.5 Å². The van der Waals surface area contributed by atoms with Gasteiger partial charge in [-0.3, -0.25) is 14.5 Å². The minimum atomic E-state index is -0.231. The van der Waals surface area contributed by atoms with Gasteiger partial charge in [-0.05, 0) is 29.5 Å². The Kier molecular flexibility index (Phi) is 4.54. The number of fused-ring (bicyclic) bond motifs is 1. The minimum Gasteiger partial charge on any atom is -0.347 e. The summed E-state index contributed by atoms with van der Waals surface area (Å²) in [6, 6.07) is 19.5. The van der Waals surface area contributed by atoms with Crippen LogP contribution in [0.5, 0.6) is 0 Å². The Hall–Kier alpha value is -2.92. The molecule has 0 radical (unpaired) electrons. The summed E-state index contributed by atoms with van der Waals surface area (Å²) in [4.78, 5) is 29.7. The van der Waals surface area contributed by atoms with Crippen LogP contribution in [0.4, 0.5) is 0 Å². The second-order valence-corrected chi connectivity index (χ2v) is 6.78. The SMILES string of the molecule is O=C(NC1CCN(Cc2ccccc2)C1)c1cc2ccccc2c(=O)[nH]1. The van der Waals surface area contributed by atoms with Crippen LogP contribution in [-0.4, -0.2) is 34.9 Å². The molecular weight excluding hydrogens is 326 g/mol. The lowest BCUT2D eigenvalue weighted by Gasteiger charge is -2.17. The average molecular weight is 347 g/mol. The maximum Gasteiger partial charge on any atom is 0.268 e. The van der Waals surface area contributed by atoms with E-state index in [0.29, 0.717) is 11.1 Å². The number of nitrogens with one attached hydrogen (secondary N) is 2. The molecule has 0 spiro atoms. The van der Waals surface area contributed by atoms with Crippen molar-refractivity contribution in [3.8, 4) is 0 Å². The number of pyridine rings is 1. The van der Waals surface area contributed by atoms with Crippen molar-refractivity contribution in [2.75, 3.05) is 13.1 Å². The van der Waals surface area contributed by atoms with E-state index in [-0.39, 0.29) is 17.5 Å². The molecule has 1 atom stereocenters. The van der Waals surface area contributed by atoms with E-state index in [1.165, 1.54) is 5.56 Å². The number of H-pyrrole nitrogens is 1. The van der Waals surface area contributed by atoms with E-state index in [1.807, 2.05) is 36.4 Å². The van der Waals surface area contributed by atoms with Crippen LogP contribution < -0.4 is 10.9 Å². The zero-order valence-corrected chi connectivity index (χ0v) is 14.4. The molecule has 1 unspecified atom stereocenters. The summed E-state index contributed by atoms with van der Waals surface area (Å²) < 4.78 is 0. The minimum absolute atomic E-state index is 0.0983. The van der Waals surface area contributed by atoms with Crippen molar-refractivity contribution < 1.29 is 4.79 Å². The van der Waals surface area contributed by atoms with Gasteiger partial charge in [0, 0.05) is 31.1 Å². The Bertz CT molecular complexity index is 981. The number of rotatable bonds is 4. The number of amides is 1. The van der Waals surface area contributed by atoms with Crippen molar-refractivity contribution in [2.45, 2.75) is 19.0 Å². The second-order valence-electron chi connectivity index (χ2n) is 6.78. The van der Waals surface area contributed by atoms with Crippen molar-refractivity contribution in [2.24, 2.45) is 0 Å². The Balaban J connectivity index is 1.42. The fourth-order valence-corrected chi connectivity index (χ4v) is 3.53. The summed E-state index contributed by atoms with van der Waals surface area (Å²) in [6.45, 7) is 2.66. The molecule has 0 bridgehead atoms. The maximum atomic E-state index is 12.6. The van der Waals surface area contributed by atoms with Gasteiger partial charge in [0.1, 0.15) is 5.69 Å². The molecular formula is C21H21N3O2. The molecule has 1 aromatic heterocycles. The quantitative estimate of drug-likeness (QED) is 0.762. The Morgan fingerprint density at radius 1 is 1.12 bits per heavy atom. The van der Waals surface area contributed by atoms with Gasteiger partial charge in [-0.25, -0.2) is 0 Å². The summed E-state index contributed by atoms with van der Waals surface area (Å²) in [5.74, 6) is -0.223. The third-order valence-corrected chi connectivity index (χ3v) is 4.85. The lowest BCUT2D eigenvalue weighted by atomic mass is 10.1. The van der Waals surface area contributed by atoms with Gasteiger partial charge in [-0.15, -0.1) is 0 Å². The Labute approximate surface area is 151 Å². The number of aromatic amines is 1. The van der Waals surface area contributed by atoms with Crippen molar-refractivity contribution in [1.29, 1.82) is 0 Å². The molecule has 132 valence electrons. The third-order valence-electron chi connectivity index (χ3n) is 4.85. The van der Waals surface area contributed by atoms with Crippen LogP contribution in [0, 0.1) is 0 Å². The number of hydrogen-bond acceptors (Lipinski definition) is 3. The highest BCUT2D eigenvalue weighted by Gasteiger charge is 2.24. The lowest BCUT2D eigenvalue weighted by molar-refractivity contribution is 0.0932. The standard InChI is InChI=1S/C21H21N3O2/c25-20-18-9-5-4-8-16(18)12-19(23-20)21(26)22-17-10-11-24(14-17)13-15-6-2-1-3-7-15/h1-9,12,17H,10-11,13-14H2,(H,22,26)(H,23,25). The first-order chi connectivity index (χ1) is 12.7. The molecule has 5 heteroatoms.